The number of rotatable bonds is 8. The molecule has 0 aromatic heterocycles. The Labute approximate surface area is 152 Å². The van der Waals surface area contributed by atoms with Gasteiger partial charge in [-0.15, -0.1) is 0 Å². The van der Waals surface area contributed by atoms with E-state index in [4.69, 9.17) is 4.74 Å². The van der Waals surface area contributed by atoms with Crippen molar-refractivity contribution in [1.82, 2.24) is 10.7 Å². The number of carbonyl (C=O) groups excluding carboxylic acids is 2. The molecule has 2 aromatic carbocycles. The van der Waals surface area contributed by atoms with E-state index < -0.39 is 5.91 Å². The van der Waals surface area contributed by atoms with Gasteiger partial charge < -0.3 is 15.0 Å². The molecule has 0 aliphatic carbocycles. The SMILES string of the molecule is CN(C)c1ccc(/C=N/NC(=O)CNC(=O)COc2ccccc2)cc1. The molecule has 0 aliphatic heterocycles. The maximum Gasteiger partial charge on any atom is 0.259 e. The Hall–Kier alpha value is -3.35. The van der Waals surface area contributed by atoms with Gasteiger partial charge in [0.25, 0.3) is 11.8 Å². The number of hydrogen-bond acceptors (Lipinski definition) is 5. The maximum atomic E-state index is 11.7. The first-order chi connectivity index (χ1) is 12.5. The summed E-state index contributed by atoms with van der Waals surface area (Å²) in [7, 11) is 3.92. The fourth-order valence-electron chi connectivity index (χ4n) is 1.97. The normalized spacial score (nSPS) is 10.4. The average molecular weight is 354 g/mol. The first-order valence-corrected chi connectivity index (χ1v) is 8.08. The molecule has 2 rings (SSSR count). The number of carbonyl (C=O) groups is 2. The topological polar surface area (TPSA) is 83.0 Å². The summed E-state index contributed by atoms with van der Waals surface area (Å²) in [5, 5.41) is 6.33. The van der Waals surface area contributed by atoms with E-state index in [2.05, 4.69) is 15.8 Å². The molecule has 0 aliphatic rings. The third kappa shape index (κ3) is 6.64. The molecule has 0 saturated heterocycles. The Balaban J connectivity index is 1.67. The largest absolute Gasteiger partial charge is 0.484 e. The Bertz CT molecular complexity index is 743. The summed E-state index contributed by atoms with van der Waals surface area (Å²) in [5.74, 6) is -0.205. The average Bonchev–Trinajstić information content (AvgIpc) is 2.66. The van der Waals surface area contributed by atoms with Gasteiger partial charge in [-0.1, -0.05) is 30.3 Å². The molecule has 7 heteroatoms. The van der Waals surface area contributed by atoms with Gasteiger partial charge in [0, 0.05) is 19.8 Å². The van der Waals surface area contributed by atoms with Crippen molar-refractivity contribution in [3.05, 3.63) is 60.2 Å². The quantitative estimate of drug-likeness (QED) is 0.554. The van der Waals surface area contributed by atoms with Gasteiger partial charge in [0.1, 0.15) is 5.75 Å². The molecular weight excluding hydrogens is 332 g/mol. The molecule has 0 fully saturated rings. The fraction of sp³-hybridized carbons (Fsp3) is 0.211. The highest BCUT2D eigenvalue weighted by atomic mass is 16.5. The molecular formula is C19H22N4O3. The van der Waals surface area contributed by atoms with Crippen LogP contribution in [0.2, 0.25) is 0 Å². The van der Waals surface area contributed by atoms with Crippen LogP contribution < -0.4 is 20.4 Å². The van der Waals surface area contributed by atoms with Gasteiger partial charge in [0.15, 0.2) is 6.61 Å². The molecule has 0 bridgehead atoms. The number of nitrogens with one attached hydrogen (secondary N) is 2. The predicted molar refractivity (Wildman–Crippen MR) is 101 cm³/mol. The van der Waals surface area contributed by atoms with E-state index in [0.717, 1.165) is 11.3 Å². The molecule has 0 radical (unpaired) electrons. The van der Waals surface area contributed by atoms with Crippen LogP contribution in [0.1, 0.15) is 5.56 Å². The number of anilines is 1. The van der Waals surface area contributed by atoms with E-state index in [1.54, 1.807) is 12.1 Å². The number of nitrogens with zero attached hydrogens (tertiary/aromatic N) is 2. The minimum absolute atomic E-state index is 0.154. The van der Waals surface area contributed by atoms with Gasteiger partial charge in [0.05, 0.1) is 12.8 Å². The number of benzene rings is 2. The lowest BCUT2D eigenvalue weighted by molar-refractivity contribution is -0.127. The van der Waals surface area contributed by atoms with Gasteiger partial charge in [-0.25, -0.2) is 5.43 Å². The zero-order chi connectivity index (χ0) is 18.8. The van der Waals surface area contributed by atoms with Crippen molar-refractivity contribution in [2.45, 2.75) is 0 Å². The van der Waals surface area contributed by atoms with Gasteiger partial charge in [-0.3, -0.25) is 9.59 Å². The lowest BCUT2D eigenvalue weighted by Crippen LogP contribution is -2.37. The van der Waals surface area contributed by atoms with Crippen LogP contribution in [0.25, 0.3) is 0 Å². The fourth-order valence-corrected chi connectivity index (χ4v) is 1.97. The zero-order valence-corrected chi connectivity index (χ0v) is 14.8. The lowest BCUT2D eigenvalue weighted by Gasteiger charge is -2.11. The Morgan fingerprint density at radius 2 is 1.73 bits per heavy atom. The van der Waals surface area contributed by atoms with Gasteiger partial charge in [-0.2, -0.15) is 5.10 Å². The minimum Gasteiger partial charge on any atom is -0.484 e. The van der Waals surface area contributed by atoms with Crippen LogP contribution in [-0.4, -0.2) is 45.3 Å². The summed E-state index contributed by atoms with van der Waals surface area (Å²) in [5.41, 5.74) is 4.30. The number of hydrazone groups is 1. The molecule has 0 unspecified atom stereocenters. The highest BCUT2D eigenvalue weighted by Crippen LogP contribution is 2.10. The molecule has 0 heterocycles. The molecule has 136 valence electrons. The van der Waals surface area contributed by atoms with Crippen LogP contribution in [0.15, 0.2) is 59.7 Å². The van der Waals surface area contributed by atoms with Crippen LogP contribution >= 0.6 is 0 Å². The highest BCUT2D eigenvalue weighted by Gasteiger charge is 2.05. The van der Waals surface area contributed by atoms with E-state index in [-0.39, 0.29) is 19.1 Å². The van der Waals surface area contributed by atoms with Crippen molar-refractivity contribution < 1.29 is 14.3 Å². The summed E-state index contributed by atoms with van der Waals surface area (Å²) >= 11 is 0. The molecule has 0 atom stereocenters. The zero-order valence-electron chi connectivity index (χ0n) is 14.8. The highest BCUT2D eigenvalue weighted by molar-refractivity contribution is 5.86. The molecule has 2 N–H and O–H groups in total. The third-order valence-electron chi connectivity index (χ3n) is 3.37. The van der Waals surface area contributed by atoms with E-state index in [1.807, 2.05) is 61.5 Å². The molecule has 7 nitrogen and oxygen atoms in total. The standard InChI is InChI=1S/C19H22N4O3/c1-23(2)16-10-8-15(9-11-16)12-21-22-18(24)13-20-19(25)14-26-17-6-4-3-5-7-17/h3-12H,13-14H2,1-2H3,(H,20,25)(H,22,24)/b21-12+. The number of para-hydroxylation sites is 1. The third-order valence-corrected chi connectivity index (χ3v) is 3.37. The summed E-state index contributed by atoms with van der Waals surface area (Å²) in [6, 6.07) is 16.7. The Morgan fingerprint density at radius 1 is 1.04 bits per heavy atom. The first-order valence-electron chi connectivity index (χ1n) is 8.08. The Morgan fingerprint density at radius 3 is 2.38 bits per heavy atom. The monoisotopic (exact) mass is 354 g/mol. The van der Waals surface area contributed by atoms with Crippen molar-refractivity contribution in [3.8, 4) is 5.75 Å². The van der Waals surface area contributed by atoms with Crippen molar-refractivity contribution >= 4 is 23.7 Å². The lowest BCUT2D eigenvalue weighted by atomic mass is 10.2. The van der Waals surface area contributed by atoms with Gasteiger partial charge in [-0.05, 0) is 29.8 Å². The molecule has 0 saturated carbocycles. The van der Waals surface area contributed by atoms with Crippen molar-refractivity contribution in [3.63, 3.8) is 0 Å². The van der Waals surface area contributed by atoms with Crippen LogP contribution in [0.3, 0.4) is 0 Å². The molecule has 2 aromatic rings. The summed E-state index contributed by atoms with van der Waals surface area (Å²) in [6.45, 7) is -0.327. The van der Waals surface area contributed by atoms with E-state index in [0.29, 0.717) is 5.75 Å². The van der Waals surface area contributed by atoms with E-state index in [1.165, 1.54) is 6.21 Å². The second-order valence-electron chi connectivity index (χ2n) is 5.66. The summed E-state index contributed by atoms with van der Waals surface area (Å²) in [6.07, 6.45) is 1.54. The van der Waals surface area contributed by atoms with Crippen molar-refractivity contribution in [2.75, 3.05) is 32.1 Å². The number of amides is 2. The van der Waals surface area contributed by atoms with Crippen molar-refractivity contribution in [1.29, 1.82) is 0 Å². The second kappa shape index (κ2) is 9.83. The van der Waals surface area contributed by atoms with Gasteiger partial charge >= 0.3 is 0 Å². The smallest absolute Gasteiger partial charge is 0.259 e. The maximum absolute atomic E-state index is 11.7. The second-order valence-corrected chi connectivity index (χ2v) is 5.66. The van der Waals surface area contributed by atoms with Crippen LogP contribution in [-0.2, 0) is 9.59 Å². The van der Waals surface area contributed by atoms with Crippen LogP contribution in [0.4, 0.5) is 5.69 Å². The van der Waals surface area contributed by atoms with E-state index in [9.17, 15) is 9.59 Å². The summed E-state index contributed by atoms with van der Waals surface area (Å²) in [4.78, 5) is 25.3. The molecule has 0 spiro atoms. The molecule has 26 heavy (non-hydrogen) atoms. The molecule has 2 amide bonds. The minimum atomic E-state index is -0.417. The number of hydrogen-bond donors (Lipinski definition) is 2. The Kier molecular flexibility index (Phi) is 7.17. The van der Waals surface area contributed by atoms with Crippen LogP contribution in [0.5, 0.6) is 5.75 Å². The predicted octanol–water partition coefficient (Wildman–Crippen LogP) is 1.40. The number of ether oxygens (including phenoxy) is 1. The first kappa shape index (κ1) is 19.0. The van der Waals surface area contributed by atoms with Crippen molar-refractivity contribution in [2.24, 2.45) is 5.10 Å². The van der Waals surface area contributed by atoms with E-state index >= 15 is 0 Å². The van der Waals surface area contributed by atoms with Crippen LogP contribution in [0, 0.1) is 0 Å². The summed E-state index contributed by atoms with van der Waals surface area (Å²) < 4.78 is 5.29. The van der Waals surface area contributed by atoms with Gasteiger partial charge in [0.2, 0.25) is 0 Å².